The lowest BCUT2D eigenvalue weighted by atomic mass is 9.99. The van der Waals surface area contributed by atoms with E-state index < -0.39 is 0 Å². The van der Waals surface area contributed by atoms with Gasteiger partial charge >= 0.3 is 0 Å². The van der Waals surface area contributed by atoms with Crippen LogP contribution in [0.3, 0.4) is 0 Å². The van der Waals surface area contributed by atoms with Crippen molar-refractivity contribution in [3.8, 4) is 0 Å². The fourth-order valence-electron chi connectivity index (χ4n) is 2.81. The van der Waals surface area contributed by atoms with Crippen molar-refractivity contribution in [3.05, 3.63) is 65.5 Å². The first-order valence-corrected chi connectivity index (χ1v) is 7.34. The molecule has 20 heavy (non-hydrogen) atoms. The normalized spacial score (nSPS) is 18.3. The van der Waals surface area contributed by atoms with Gasteiger partial charge in [0.2, 0.25) is 0 Å². The van der Waals surface area contributed by atoms with E-state index in [1.54, 1.807) is 0 Å². The van der Waals surface area contributed by atoms with Crippen molar-refractivity contribution in [2.45, 2.75) is 25.4 Å². The Kier molecular flexibility index (Phi) is 4.41. The zero-order chi connectivity index (χ0) is 13.6. The molecule has 2 N–H and O–H groups in total. The molecule has 104 valence electrons. The van der Waals surface area contributed by atoms with Gasteiger partial charge in [-0.25, -0.2) is 0 Å². The third kappa shape index (κ3) is 3.24. The molecule has 0 fully saturated rings. The Morgan fingerprint density at radius 3 is 3.05 bits per heavy atom. The van der Waals surface area contributed by atoms with E-state index in [1.165, 1.54) is 16.7 Å². The van der Waals surface area contributed by atoms with Crippen LogP contribution in [0.1, 0.15) is 29.2 Å². The van der Waals surface area contributed by atoms with Crippen molar-refractivity contribution in [3.63, 3.8) is 0 Å². The van der Waals surface area contributed by atoms with Crippen molar-refractivity contribution in [2.75, 3.05) is 13.1 Å². The second-order valence-corrected chi connectivity index (χ2v) is 5.28. The molecule has 2 aromatic rings. The maximum atomic E-state index is 4.16. The van der Waals surface area contributed by atoms with Crippen LogP contribution in [0.2, 0.25) is 0 Å². The molecule has 0 radical (unpaired) electrons. The molecule has 3 heteroatoms. The second kappa shape index (κ2) is 6.64. The van der Waals surface area contributed by atoms with Crippen LogP contribution in [-0.4, -0.2) is 18.1 Å². The minimum absolute atomic E-state index is 0.456. The van der Waals surface area contributed by atoms with E-state index in [2.05, 4.69) is 45.9 Å². The lowest BCUT2D eigenvalue weighted by Gasteiger charge is -2.19. The molecule has 1 unspecified atom stereocenters. The highest BCUT2D eigenvalue weighted by Gasteiger charge is 2.16. The van der Waals surface area contributed by atoms with Crippen LogP contribution >= 0.6 is 0 Å². The van der Waals surface area contributed by atoms with Gasteiger partial charge in [-0.1, -0.05) is 30.3 Å². The lowest BCUT2D eigenvalue weighted by molar-refractivity contribution is 0.499. The predicted molar refractivity (Wildman–Crippen MR) is 81.5 cm³/mol. The summed E-state index contributed by atoms with van der Waals surface area (Å²) in [7, 11) is 0. The minimum Gasteiger partial charge on any atom is -0.313 e. The van der Waals surface area contributed by atoms with Gasteiger partial charge in [0.15, 0.2) is 0 Å². The largest absolute Gasteiger partial charge is 0.313 e. The molecule has 3 nitrogen and oxygen atoms in total. The quantitative estimate of drug-likeness (QED) is 0.893. The lowest BCUT2D eigenvalue weighted by Crippen LogP contribution is -2.25. The summed E-state index contributed by atoms with van der Waals surface area (Å²) in [6, 6.07) is 13.3. The number of fused-ring (bicyclic) bond motifs is 1. The maximum absolute atomic E-state index is 4.16. The van der Waals surface area contributed by atoms with Crippen LogP contribution in [0.5, 0.6) is 0 Å². The SMILES string of the molecule is c1cncc(CCNC2CCNCc3ccccc32)c1. The third-order valence-electron chi connectivity index (χ3n) is 3.88. The van der Waals surface area contributed by atoms with E-state index in [0.717, 1.165) is 32.5 Å². The van der Waals surface area contributed by atoms with Gasteiger partial charge in [-0.3, -0.25) is 4.98 Å². The standard InChI is InChI=1S/C17H21N3/c1-2-6-16-15(5-1)13-19-10-8-17(16)20-11-7-14-4-3-9-18-12-14/h1-6,9,12,17,19-20H,7-8,10-11,13H2. The number of nitrogens with zero attached hydrogens (tertiary/aromatic N) is 1. The molecule has 0 saturated heterocycles. The number of benzene rings is 1. The molecule has 1 aliphatic heterocycles. The summed E-state index contributed by atoms with van der Waals surface area (Å²) >= 11 is 0. The van der Waals surface area contributed by atoms with Gasteiger partial charge in [0.05, 0.1) is 0 Å². The average Bonchev–Trinajstić information content (AvgIpc) is 2.71. The van der Waals surface area contributed by atoms with Crippen molar-refractivity contribution < 1.29 is 0 Å². The van der Waals surface area contributed by atoms with E-state index in [9.17, 15) is 0 Å². The third-order valence-corrected chi connectivity index (χ3v) is 3.88. The molecular formula is C17H21N3. The smallest absolute Gasteiger partial charge is 0.0335 e. The molecule has 0 spiro atoms. The maximum Gasteiger partial charge on any atom is 0.0335 e. The topological polar surface area (TPSA) is 37.0 Å². The highest BCUT2D eigenvalue weighted by Crippen LogP contribution is 2.23. The van der Waals surface area contributed by atoms with Crippen molar-refractivity contribution in [2.24, 2.45) is 0 Å². The van der Waals surface area contributed by atoms with E-state index in [4.69, 9.17) is 0 Å². The molecule has 2 heterocycles. The second-order valence-electron chi connectivity index (χ2n) is 5.28. The van der Waals surface area contributed by atoms with E-state index in [-0.39, 0.29) is 0 Å². The molecule has 1 aliphatic rings. The first kappa shape index (κ1) is 13.3. The number of hydrogen-bond donors (Lipinski definition) is 2. The summed E-state index contributed by atoms with van der Waals surface area (Å²) in [4.78, 5) is 4.16. The summed E-state index contributed by atoms with van der Waals surface area (Å²) < 4.78 is 0. The van der Waals surface area contributed by atoms with Gasteiger partial charge in [0, 0.05) is 25.0 Å². The van der Waals surface area contributed by atoms with Crippen LogP contribution in [-0.2, 0) is 13.0 Å². The molecule has 0 saturated carbocycles. The zero-order valence-electron chi connectivity index (χ0n) is 11.7. The summed E-state index contributed by atoms with van der Waals surface area (Å²) in [6.45, 7) is 3.04. The highest BCUT2D eigenvalue weighted by molar-refractivity contribution is 5.31. The summed E-state index contributed by atoms with van der Waals surface area (Å²) in [5.74, 6) is 0. The predicted octanol–water partition coefficient (Wildman–Crippen LogP) is 2.45. The van der Waals surface area contributed by atoms with E-state index >= 15 is 0 Å². The molecule has 3 rings (SSSR count). The molecular weight excluding hydrogens is 246 g/mol. The number of pyridine rings is 1. The fourth-order valence-corrected chi connectivity index (χ4v) is 2.81. The Labute approximate surface area is 120 Å². The molecule has 1 atom stereocenters. The Morgan fingerprint density at radius 1 is 1.20 bits per heavy atom. The van der Waals surface area contributed by atoms with E-state index in [1.807, 2.05) is 18.5 Å². The van der Waals surface area contributed by atoms with Crippen LogP contribution < -0.4 is 10.6 Å². The Morgan fingerprint density at radius 2 is 2.15 bits per heavy atom. The van der Waals surface area contributed by atoms with Crippen LogP contribution in [0.15, 0.2) is 48.8 Å². The molecule has 0 aliphatic carbocycles. The van der Waals surface area contributed by atoms with Crippen LogP contribution in [0.4, 0.5) is 0 Å². The highest BCUT2D eigenvalue weighted by atomic mass is 14.9. The summed E-state index contributed by atoms with van der Waals surface area (Å²) in [6.07, 6.45) is 5.94. The number of hydrogen-bond acceptors (Lipinski definition) is 3. The van der Waals surface area contributed by atoms with Gasteiger partial charge in [0.1, 0.15) is 0 Å². The fraction of sp³-hybridized carbons (Fsp3) is 0.353. The molecule has 0 bridgehead atoms. The molecule has 1 aromatic carbocycles. The van der Waals surface area contributed by atoms with Gasteiger partial charge in [-0.05, 0) is 48.7 Å². The summed E-state index contributed by atoms with van der Waals surface area (Å²) in [5, 5.41) is 7.19. The van der Waals surface area contributed by atoms with Gasteiger partial charge in [-0.2, -0.15) is 0 Å². The van der Waals surface area contributed by atoms with Crippen molar-refractivity contribution >= 4 is 0 Å². The number of aromatic nitrogens is 1. The van der Waals surface area contributed by atoms with E-state index in [0.29, 0.717) is 6.04 Å². The Hall–Kier alpha value is -1.71. The minimum atomic E-state index is 0.456. The molecule has 0 amide bonds. The first-order chi connectivity index (χ1) is 9.93. The number of rotatable bonds is 4. The van der Waals surface area contributed by atoms with Crippen molar-refractivity contribution in [1.82, 2.24) is 15.6 Å². The monoisotopic (exact) mass is 267 g/mol. The van der Waals surface area contributed by atoms with Crippen LogP contribution in [0.25, 0.3) is 0 Å². The van der Waals surface area contributed by atoms with Crippen molar-refractivity contribution in [1.29, 1.82) is 0 Å². The average molecular weight is 267 g/mol. The zero-order valence-corrected chi connectivity index (χ0v) is 11.7. The molecule has 1 aromatic heterocycles. The van der Waals surface area contributed by atoms with Gasteiger partial charge in [-0.15, -0.1) is 0 Å². The Balaban J connectivity index is 1.62. The Bertz CT molecular complexity index is 539. The summed E-state index contributed by atoms with van der Waals surface area (Å²) in [5.41, 5.74) is 4.16. The van der Waals surface area contributed by atoms with Gasteiger partial charge < -0.3 is 10.6 Å². The van der Waals surface area contributed by atoms with Gasteiger partial charge in [0.25, 0.3) is 0 Å². The number of nitrogens with one attached hydrogen (secondary N) is 2. The first-order valence-electron chi connectivity index (χ1n) is 7.34. The van der Waals surface area contributed by atoms with Crippen LogP contribution in [0, 0.1) is 0 Å².